The first-order chi connectivity index (χ1) is 16.1. The summed E-state index contributed by atoms with van der Waals surface area (Å²) < 4.78 is 15.1. The van der Waals surface area contributed by atoms with E-state index in [1.807, 2.05) is 0 Å². The quantitative estimate of drug-likeness (QED) is 0.200. The van der Waals surface area contributed by atoms with Gasteiger partial charge in [-0.25, -0.2) is 4.79 Å². The molecule has 1 heterocycles. The van der Waals surface area contributed by atoms with Gasteiger partial charge in [-0.15, -0.1) is 0 Å². The van der Waals surface area contributed by atoms with E-state index in [4.69, 9.17) is 25.8 Å². The topological polar surface area (TPSA) is 134 Å². The molecule has 11 heteroatoms. The average molecular weight is 493 g/mol. The van der Waals surface area contributed by atoms with Crippen molar-refractivity contribution in [3.05, 3.63) is 61.4 Å². The van der Waals surface area contributed by atoms with Gasteiger partial charge in [0.15, 0.2) is 5.78 Å². The van der Waals surface area contributed by atoms with Gasteiger partial charge in [-0.1, -0.05) is 24.6 Å². The minimum atomic E-state index is -1.07. The standard InChI is InChI=1S/C23H25ClN2O8/c1-11-9-15-20(21(27)17(11)22(28)33-4)19(13-5-6-14(24)16(10-13)26(30)31)18(12(2)25-15)23(29)34-8-7-32-3/h5-6,10-11,17,19,25H,7-9H2,1-4H3/t11-,17-,19+/m1/s1. The van der Waals surface area contributed by atoms with Gasteiger partial charge >= 0.3 is 11.9 Å². The number of esters is 2. The summed E-state index contributed by atoms with van der Waals surface area (Å²) >= 11 is 6.00. The maximum atomic E-state index is 13.6. The molecule has 1 aromatic rings. The van der Waals surface area contributed by atoms with Crippen LogP contribution in [0, 0.1) is 22.0 Å². The number of dihydropyridines is 1. The molecule has 0 radical (unpaired) electrons. The number of halogens is 1. The van der Waals surface area contributed by atoms with E-state index in [1.165, 1.54) is 32.4 Å². The van der Waals surface area contributed by atoms with E-state index >= 15 is 0 Å². The van der Waals surface area contributed by atoms with Crippen LogP contribution in [0.15, 0.2) is 40.7 Å². The Balaban J connectivity index is 2.19. The van der Waals surface area contributed by atoms with E-state index in [0.29, 0.717) is 23.4 Å². The van der Waals surface area contributed by atoms with Crippen molar-refractivity contribution in [1.82, 2.24) is 5.32 Å². The van der Waals surface area contributed by atoms with Crippen LogP contribution in [0.25, 0.3) is 0 Å². The molecule has 182 valence electrons. The molecule has 0 amide bonds. The first-order valence-electron chi connectivity index (χ1n) is 10.5. The van der Waals surface area contributed by atoms with Crippen molar-refractivity contribution in [2.75, 3.05) is 27.4 Å². The lowest BCUT2D eigenvalue weighted by Crippen LogP contribution is -2.43. The van der Waals surface area contributed by atoms with E-state index in [1.54, 1.807) is 13.8 Å². The summed E-state index contributed by atoms with van der Waals surface area (Å²) in [7, 11) is 2.66. The number of benzene rings is 1. The number of carbonyl (C=O) groups excluding carboxylic acids is 3. The van der Waals surface area contributed by atoms with Crippen molar-refractivity contribution in [3.63, 3.8) is 0 Å². The smallest absolute Gasteiger partial charge is 0.336 e. The van der Waals surface area contributed by atoms with Crippen LogP contribution in [0.3, 0.4) is 0 Å². The van der Waals surface area contributed by atoms with Crippen molar-refractivity contribution >= 4 is 35.0 Å². The van der Waals surface area contributed by atoms with Crippen LogP contribution in [-0.2, 0) is 28.6 Å². The molecular weight excluding hydrogens is 468 g/mol. The van der Waals surface area contributed by atoms with Crippen LogP contribution < -0.4 is 5.32 Å². The Bertz CT molecular complexity index is 1110. The van der Waals surface area contributed by atoms with Crippen LogP contribution in [0.5, 0.6) is 0 Å². The number of methoxy groups -OCH3 is 2. The first kappa shape index (κ1) is 25.4. The monoisotopic (exact) mass is 492 g/mol. The number of hydrogen-bond donors (Lipinski definition) is 1. The van der Waals surface area contributed by atoms with Crippen LogP contribution in [0.2, 0.25) is 5.02 Å². The van der Waals surface area contributed by atoms with E-state index in [0.717, 1.165) is 0 Å². The molecular formula is C23H25ClN2O8. The van der Waals surface area contributed by atoms with Gasteiger partial charge in [0.2, 0.25) is 0 Å². The fraction of sp³-hybridized carbons (Fsp3) is 0.435. The number of rotatable bonds is 7. The molecule has 1 N–H and O–H groups in total. The second-order valence-electron chi connectivity index (χ2n) is 8.13. The summed E-state index contributed by atoms with van der Waals surface area (Å²) in [5.41, 5.74) is 1.21. The molecule has 0 saturated heterocycles. The molecule has 10 nitrogen and oxygen atoms in total. The zero-order chi connectivity index (χ0) is 25.2. The summed E-state index contributed by atoms with van der Waals surface area (Å²) in [5.74, 6) is -4.33. The third kappa shape index (κ3) is 4.69. The van der Waals surface area contributed by atoms with Crippen molar-refractivity contribution in [1.29, 1.82) is 0 Å². The summed E-state index contributed by atoms with van der Waals surface area (Å²) in [5, 5.41) is 14.6. The number of ether oxygens (including phenoxy) is 3. The number of nitrogens with one attached hydrogen (secondary N) is 1. The minimum absolute atomic E-state index is 0.0265. The fourth-order valence-corrected chi connectivity index (χ4v) is 4.62. The highest BCUT2D eigenvalue weighted by Crippen LogP contribution is 2.46. The maximum Gasteiger partial charge on any atom is 0.336 e. The van der Waals surface area contributed by atoms with E-state index in [-0.39, 0.29) is 41.0 Å². The van der Waals surface area contributed by atoms with E-state index in [2.05, 4.69) is 5.32 Å². The highest BCUT2D eigenvalue weighted by Gasteiger charge is 2.47. The Morgan fingerprint density at radius 1 is 1.26 bits per heavy atom. The number of nitrogens with zero attached hydrogens (tertiary/aromatic N) is 1. The Morgan fingerprint density at radius 3 is 2.59 bits per heavy atom. The molecule has 1 aliphatic heterocycles. The Morgan fingerprint density at radius 2 is 1.97 bits per heavy atom. The summed E-state index contributed by atoms with van der Waals surface area (Å²) in [6, 6.07) is 4.09. The number of Topliss-reactive ketones (excluding diaryl/α,β-unsaturated/α-hetero) is 1. The predicted octanol–water partition coefficient (Wildman–Crippen LogP) is 3.05. The lowest BCUT2D eigenvalue weighted by molar-refractivity contribution is -0.384. The van der Waals surface area contributed by atoms with Crippen LogP contribution in [-0.4, -0.2) is 50.1 Å². The van der Waals surface area contributed by atoms with Gasteiger partial charge in [-0.3, -0.25) is 19.7 Å². The maximum absolute atomic E-state index is 13.6. The van der Waals surface area contributed by atoms with Gasteiger partial charge in [0.25, 0.3) is 5.69 Å². The highest BCUT2D eigenvalue weighted by atomic mass is 35.5. The molecule has 0 bridgehead atoms. The van der Waals surface area contributed by atoms with Gasteiger partial charge in [0, 0.05) is 36.1 Å². The zero-order valence-corrected chi connectivity index (χ0v) is 19.9. The molecule has 0 saturated carbocycles. The Labute approximate surface area is 201 Å². The molecule has 0 spiro atoms. The van der Waals surface area contributed by atoms with Crippen LogP contribution in [0.4, 0.5) is 5.69 Å². The van der Waals surface area contributed by atoms with Crippen molar-refractivity contribution in [2.45, 2.75) is 26.2 Å². The molecule has 3 rings (SSSR count). The van der Waals surface area contributed by atoms with Gasteiger partial charge in [-0.2, -0.15) is 0 Å². The SMILES string of the molecule is COCCOC(=O)C1=C(C)NC2=C(C(=O)[C@H](C(=O)OC)[C@H](C)C2)[C@H]1c1ccc(Cl)c([N+](=O)[O-])c1. The lowest BCUT2D eigenvalue weighted by Gasteiger charge is -2.38. The highest BCUT2D eigenvalue weighted by molar-refractivity contribution is 6.32. The van der Waals surface area contributed by atoms with Crippen LogP contribution >= 0.6 is 11.6 Å². The first-order valence-corrected chi connectivity index (χ1v) is 10.9. The van der Waals surface area contributed by atoms with Crippen molar-refractivity contribution < 1.29 is 33.5 Å². The van der Waals surface area contributed by atoms with Crippen LogP contribution in [0.1, 0.15) is 31.7 Å². The summed E-state index contributed by atoms with van der Waals surface area (Å²) in [6.45, 7) is 3.56. The Kier molecular flexibility index (Phi) is 7.73. The molecule has 0 aromatic heterocycles. The number of carbonyl (C=O) groups is 3. The average Bonchev–Trinajstić information content (AvgIpc) is 2.78. The second-order valence-corrected chi connectivity index (χ2v) is 8.54. The molecule has 34 heavy (non-hydrogen) atoms. The molecule has 0 unspecified atom stereocenters. The number of nitro groups is 1. The summed E-state index contributed by atoms with van der Waals surface area (Å²) in [4.78, 5) is 50.1. The summed E-state index contributed by atoms with van der Waals surface area (Å²) in [6.07, 6.45) is 0.344. The molecule has 0 fully saturated rings. The lowest BCUT2D eigenvalue weighted by atomic mass is 9.69. The number of hydrogen-bond acceptors (Lipinski definition) is 9. The number of ketones is 1. The number of allylic oxidation sites excluding steroid dienone is 3. The van der Waals surface area contributed by atoms with Gasteiger partial charge in [0.05, 0.1) is 24.2 Å². The second kappa shape index (κ2) is 10.4. The predicted molar refractivity (Wildman–Crippen MR) is 121 cm³/mol. The van der Waals surface area contributed by atoms with Crippen molar-refractivity contribution in [2.24, 2.45) is 11.8 Å². The third-order valence-electron chi connectivity index (χ3n) is 5.98. The largest absolute Gasteiger partial charge is 0.468 e. The molecule has 3 atom stereocenters. The Hall–Kier alpha value is -3.24. The minimum Gasteiger partial charge on any atom is -0.468 e. The third-order valence-corrected chi connectivity index (χ3v) is 6.30. The zero-order valence-electron chi connectivity index (χ0n) is 19.2. The van der Waals surface area contributed by atoms with E-state index < -0.39 is 34.5 Å². The fourth-order valence-electron chi connectivity index (χ4n) is 4.43. The van der Waals surface area contributed by atoms with Gasteiger partial charge in [-0.05, 0) is 30.9 Å². The molecule has 1 aromatic carbocycles. The number of nitro benzene ring substituents is 1. The molecule has 2 aliphatic rings. The van der Waals surface area contributed by atoms with E-state index in [9.17, 15) is 24.5 Å². The van der Waals surface area contributed by atoms with Gasteiger partial charge < -0.3 is 19.5 Å². The normalized spacial score (nSPS) is 22.1. The van der Waals surface area contributed by atoms with Crippen molar-refractivity contribution in [3.8, 4) is 0 Å². The van der Waals surface area contributed by atoms with Gasteiger partial charge in [0.1, 0.15) is 17.5 Å². The molecule has 1 aliphatic carbocycles.